The summed E-state index contributed by atoms with van der Waals surface area (Å²) in [5.74, 6) is 0. The van der Waals surface area contributed by atoms with Gasteiger partial charge in [-0.05, 0) is 6.92 Å². The molecule has 0 radical (unpaired) electrons. The first-order valence-electron chi connectivity index (χ1n) is 4.28. The summed E-state index contributed by atoms with van der Waals surface area (Å²) in [6.07, 6.45) is 0.247. The summed E-state index contributed by atoms with van der Waals surface area (Å²) < 4.78 is 28.3. The van der Waals surface area contributed by atoms with E-state index in [-0.39, 0.29) is 6.61 Å². The lowest BCUT2D eigenvalue weighted by Crippen LogP contribution is -2.52. The highest BCUT2D eigenvalue weighted by Crippen LogP contribution is 2.15. The maximum Gasteiger partial charge on any atom is 0.415 e. The van der Waals surface area contributed by atoms with Crippen molar-refractivity contribution in [2.75, 3.05) is 12.9 Å². The summed E-state index contributed by atoms with van der Waals surface area (Å²) >= 11 is 0. The monoisotopic (exact) mass is 239 g/mol. The number of hydrogen-bond donors (Lipinski definition) is 0. The zero-order valence-corrected chi connectivity index (χ0v) is 11.0. The summed E-state index contributed by atoms with van der Waals surface area (Å²) in [5, 5.41) is 0. The van der Waals surface area contributed by atoms with E-state index in [1.165, 1.54) is 0 Å². The van der Waals surface area contributed by atoms with Gasteiger partial charge in [0.25, 0.3) is 0 Å². The Morgan fingerprint density at radius 2 is 1.79 bits per heavy atom. The second-order valence-electron chi connectivity index (χ2n) is 3.90. The average Bonchev–Trinajstić information content (AvgIpc) is 1.78. The van der Waals surface area contributed by atoms with Crippen LogP contribution in [0.25, 0.3) is 0 Å². The van der Waals surface area contributed by atoms with Gasteiger partial charge in [-0.1, -0.05) is 19.6 Å². The van der Waals surface area contributed by atoms with Crippen LogP contribution in [0.4, 0.5) is 4.79 Å². The van der Waals surface area contributed by atoms with E-state index in [2.05, 4.69) is 0 Å². The van der Waals surface area contributed by atoms with Crippen molar-refractivity contribution < 1.29 is 17.9 Å². The highest BCUT2D eigenvalue weighted by Gasteiger charge is 2.37. The SMILES string of the molecule is CCOC(=O)N([Si](C)(C)C)S(C)(=O)=O. The summed E-state index contributed by atoms with van der Waals surface area (Å²) in [6, 6.07) is 0. The molecule has 0 fully saturated rings. The summed E-state index contributed by atoms with van der Waals surface area (Å²) in [5.41, 5.74) is 0. The molecule has 0 heterocycles. The molecule has 14 heavy (non-hydrogen) atoms. The average molecular weight is 239 g/mol. The quantitative estimate of drug-likeness (QED) is 0.695. The van der Waals surface area contributed by atoms with Crippen molar-refractivity contribution in [3.8, 4) is 0 Å². The second kappa shape index (κ2) is 4.31. The van der Waals surface area contributed by atoms with Crippen molar-refractivity contribution in [3.63, 3.8) is 0 Å². The first-order valence-corrected chi connectivity index (χ1v) is 9.57. The maximum absolute atomic E-state index is 11.4. The van der Waals surface area contributed by atoms with Gasteiger partial charge in [-0.3, -0.25) is 0 Å². The van der Waals surface area contributed by atoms with E-state index in [0.29, 0.717) is 0 Å². The number of nitrogens with zero attached hydrogens (tertiary/aromatic N) is 1. The lowest BCUT2D eigenvalue weighted by atomic mass is 10.9. The molecule has 7 heteroatoms. The zero-order valence-electron chi connectivity index (χ0n) is 9.20. The van der Waals surface area contributed by atoms with E-state index >= 15 is 0 Å². The minimum absolute atomic E-state index is 0.176. The minimum Gasteiger partial charge on any atom is -0.450 e. The van der Waals surface area contributed by atoms with Crippen molar-refractivity contribution >= 4 is 24.4 Å². The molecule has 5 nitrogen and oxygen atoms in total. The third-order valence-electron chi connectivity index (χ3n) is 1.37. The van der Waals surface area contributed by atoms with Gasteiger partial charge >= 0.3 is 6.09 Å². The Morgan fingerprint density at radius 3 is 2.00 bits per heavy atom. The van der Waals surface area contributed by atoms with Gasteiger partial charge in [-0.15, -0.1) is 0 Å². The number of sulfonamides is 1. The molecule has 0 unspecified atom stereocenters. The van der Waals surface area contributed by atoms with Crippen molar-refractivity contribution in [2.24, 2.45) is 0 Å². The Kier molecular flexibility index (Phi) is 4.13. The molecule has 1 amide bonds. The number of carbonyl (C=O) groups excluding carboxylic acids is 1. The first kappa shape index (κ1) is 13.4. The fraction of sp³-hybridized carbons (Fsp3) is 0.857. The Labute approximate surface area is 86.2 Å². The van der Waals surface area contributed by atoms with Crippen LogP contribution in [0.1, 0.15) is 6.92 Å². The Morgan fingerprint density at radius 1 is 1.36 bits per heavy atom. The number of carbonyl (C=O) groups is 1. The molecule has 0 aliphatic carbocycles. The van der Waals surface area contributed by atoms with Crippen molar-refractivity contribution in [1.82, 2.24) is 3.97 Å². The van der Waals surface area contributed by atoms with Crippen LogP contribution in [0.2, 0.25) is 19.6 Å². The van der Waals surface area contributed by atoms with Crippen LogP contribution < -0.4 is 0 Å². The van der Waals surface area contributed by atoms with Gasteiger partial charge < -0.3 is 4.74 Å². The van der Waals surface area contributed by atoms with E-state index in [0.717, 1.165) is 10.2 Å². The van der Waals surface area contributed by atoms with Crippen LogP contribution in [0.5, 0.6) is 0 Å². The van der Waals surface area contributed by atoms with Gasteiger partial charge in [0.05, 0.1) is 12.9 Å². The third kappa shape index (κ3) is 3.67. The molecule has 0 rings (SSSR count). The molecule has 0 N–H and O–H groups in total. The Balaban J connectivity index is 5.05. The number of rotatable bonds is 3. The van der Waals surface area contributed by atoms with Gasteiger partial charge in [0, 0.05) is 0 Å². The van der Waals surface area contributed by atoms with Crippen LogP contribution in [-0.2, 0) is 14.8 Å². The molecule has 84 valence electrons. The molecule has 0 aromatic heterocycles. The van der Waals surface area contributed by atoms with Crippen molar-refractivity contribution in [3.05, 3.63) is 0 Å². The molecule has 0 saturated heterocycles. The van der Waals surface area contributed by atoms with Gasteiger partial charge in [0.15, 0.2) is 8.24 Å². The molecule has 0 aromatic carbocycles. The molecular weight excluding hydrogens is 222 g/mol. The van der Waals surface area contributed by atoms with Gasteiger partial charge in [-0.2, -0.15) is 0 Å². The topological polar surface area (TPSA) is 63.7 Å². The van der Waals surface area contributed by atoms with Gasteiger partial charge in [0.2, 0.25) is 10.0 Å². The summed E-state index contributed by atoms with van der Waals surface area (Å²) in [6.45, 7) is 7.12. The van der Waals surface area contributed by atoms with Gasteiger partial charge in [0.1, 0.15) is 0 Å². The highest BCUT2D eigenvalue weighted by atomic mass is 32.2. The largest absolute Gasteiger partial charge is 0.450 e. The molecule has 0 spiro atoms. The Bertz CT molecular complexity index is 306. The number of hydrogen-bond acceptors (Lipinski definition) is 4. The minimum atomic E-state index is -3.52. The van der Waals surface area contributed by atoms with Gasteiger partial charge in [-0.25, -0.2) is 17.2 Å². The molecular formula is C7H17NO4SSi. The third-order valence-corrected chi connectivity index (χ3v) is 6.23. The number of ether oxygens (including phenoxy) is 1. The molecule has 0 aliphatic heterocycles. The lowest BCUT2D eigenvalue weighted by molar-refractivity contribution is 0.144. The van der Waals surface area contributed by atoms with Crippen LogP contribution in [0.3, 0.4) is 0 Å². The summed E-state index contributed by atoms with van der Waals surface area (Å²) in [7, 11) is -5.78. The van der Waals surface area contributed by atoms with Crippen molar-refractivity contribution in [1.29, 1.82) is 0 Å². The molecule has 0 aliphatic rings. The van der Waals surface area contributed by atoms with Crippen LogP contribution in [0.15, 0.2) is 0 Å². The van der Waals surface area contributed by atoms with Crippen LogP contribution in [0, 0.1) is 0 Å². The number of amides is 1. The lowest BCUT2D eigenvalue weighted by Gasteiger charge is -2.30. The van der Waals surface area contributed by atoms with E-state index in [9.17, 15) is 13.2 Å². The fourth-order valence-corrected chi connectivity index (χ4v) is 6.00. The normalized spacial score (nSPS) is 12.4. The zero-order chi connectivity index (χ0) is 11.6. The van der Waals surface area contributed by atoms with Crippen molar-refractivity contribution in [2.45, 2.75) is 26.6 Å². The molecule has 0 saturated carbocycles. The standard InChI is InChI=1S/C7H17NO4SSi/c1-6-12-7(9)8(13(2,10)11)14(3,4)5/h6H2,1-5H3. The van der Waals surface area contributed by atoms with E-state index < -0.39 is 24.4 Å². The van der Waals surface area contributed by atoms with Crippen LogP contribution in [-0.4, -0.2) is 39.6 Å². The maximum atomic E-state index is 11.4. The van der Waals surface area contributed by atoms with Crippen LogP contribution >= 0.6 is 0 Å². The van der Waals surface area contributed by atoms with E-state index in [4.69, 9.17) is 4.74 Å². The molecule has 0 atom stereocenters. The second-order valence-corrected chi connectivity index (χ2v) is 10.8. The summed E-state index contributed by atoms with van der Waals surface area (Å²) in [4.78, 5) is 11.4. The fourth-order valence-electron chi connectivity index (χ4n) is 1.09. The predicted molar refractivity (Wildman–Crippen MR) is 57.1 cm³/mol. The van der Waals surface area contributed by atoms with E-state index in [1.807, 2.05) is 0 Å². The Hall–Kier alpha value is -0.563. The predicted octanol–water partition coefficient (Wildman–Crippen LogP) is 1.24. The highest BCUT2D eigenvalue weighted by molar-refractivity contribution is 7.90. The smallest absolute Gasteiger partial charge is 0.415 e. The van der Waals surface area contributed by atoms with E-state index in [1.54, 1.807) is 26.6 Å². The molecule has 0 aromatic rings. The first-order chi connectivity index (χ1) is 6.10. The molecule has 0 bridgehead atoms.